The Kier molecular flexibility index (Phi) is 9.42. The number of carbonyl (C=O) groups excluding carboxylic acids is 1. The van der Waals surface area contributed by atoms with Crippen LogP contribution in [-0.4, -0.2) is 29.1 Å². The zero-order valence-corrected chi connectivity index (χ0v) is 21.0. The van der Waals surface area contributed by atoms with Crippen molar-refractivity contribution in [3.63, 3.8) is 0 Å². The number of alkyl halides is 3. The first-order chi connectivity index (χ1) is 17.0. The maximum atomic E-state index is 13.7. The number of hydrogen-bond donors (Lipinski definition) is 1. The van der Waals surface area contributed by atoms with Gasteiger partial charge in [-0.3, -0.25) is 4.79 Å². The Morgan fingerprint density at radius 1 is 1.08 bits per heavy atom. The van der Waals surface area contributed by atoms with Crippen LogP contribution in [0.4, 0.5) is 18.9 Å². The van der Waals surface area contributed by atoms with Gasteiger partial charge < -0.3 is 14.9 Å². The molecule has 0 unspecified atom stereocenters. The van der Waals surface area contributed by atoms with Crippen molar-refractivity contribution >= 4 is 34.9 Å². The van der Waals surface area contributed by atoms with Crippen molar-refractivity contribution in [1.82, 2.24) is 10.0 Å². The summed E-state index contributed by atoms with van der Waals surface area (Å²) in [6.07, 6.45) is -3.03. The molecule has 0 spiro atoms. The third-order valence-electron chi connectivity index (χ3n) is 5.07. The lowest BCUT2D eigenvalue weighted by atomic mass is 10.0. The van der Waals surface area contributed by atoms with E-state index < -0.39 is 17.7 Å². The third-order valence-corrected chi connectivity index (χ3v) is 5.81. The van der Waals surface area contributed by atoms with Crippen LogP contribution in [0.25, 0.3) is 0 Å². The molecule has 3 aromatic rings. The van der Waals surface area contributed by atoms with E-state index in [0.717, 1.165) is 11.6 Å². The summed E-state index contributed by atoms with van der Waals surface area (Å²) in [7, 11) is 0. The highest BCUT2D eigenvalue weighted by molar-refractivity contribution is 6.42. The van der Waals surface area contributed by atoms with Gasteiger partial charge >= 0.3 is 12.1 Å². The number of hydroxylamine groups is 2. The number of carbonyl (C=O) groups is 1. The summed E-state index contributed by atoms with van der Waals surface area (Å²) < 4.78 is 46.7. The van der Waals surface area contributed by atoms with Gasteiger partial charge in [-0.2, -0.15) is 13.2 Å². The second-order valence-corrected chi connectivity index (χ2v) is 8.57. The van der Waals surface area contributed by atoms with E-state index in [1.807, 2.05) is 6.07 Å². The molecule has 0 saturated carbocycles. The van der Waals surface area contributed by atoms with Gasteiger partial charge in [0.1, 0.15) is 5.75 Å². The Morgan fingerprint density at radius 3 is 2.47 bits per heavy atom. The number of ether oxygens (including phenoxy) is 1. The fraction of sp³-hybridized carbons (Fsp3) is 0.280. The van der Waals surface area contributed by atoms with E-state index in [2.05, 4.69) is 10.3 Å². The predicted molar refractivity (Wildman–Crippen MR) is 132 cm³/mol. The molecule has 0 atom stereocenters. The number of nitrogens with zero attached hydrogens (tertiary/aromatic N) is 2. The number of rotatable bonds is 10. The maximum absolute atomic E-state index is 13.7. The number of aromatic nitrogens is 1. The van der Waals surface area contributed by atoms with Crippen LogP contribution >= 0.6 is 23.2 Å². The van der Waals surface area contributed by atoms with Gasteiger partial charge in [-0.15, -0.1) is 5.06 Å². The molecule has 1 heterocycles. The molecule has 0 amide bonds. The zero-order valence-electron chi connectivity index (χ0n) is 19.5. The second kappa shape index (κ2) is 12.3. The molecule has 2 aromatic carbocycles. The summed E-state index contributed by atoms with van der Waals surface area (Å²) in [5, 5.41) is 5.41. The van der Waals surface area contributed by atoms with E-state index in [1.54, 1.807) is 31.2 Å². The van der Waals surface area contributed by atoms with Crippen molar-refractivity contribution in [3.8, 4) is 11.6 Å². The lowest BCUT2D eigenvalue weighted by molar-refractivity contribution is -0.186. The van der Waals surface area contributed by atoms with E-state index in [0.29, 0.717) is 28.8 Å². The number of benzene rings is 2. The topological polar surface area (TPSA) is 63.7 Å². The number of likely N-dealkylation sites (N-methyl/N-ethyl adjacent to an activating group) is 1. The average molecular weight is 542 g/mol. The van der Waals surface area contributed by atoms with Crippen molar-refractivity contribution in [2.75, 3.05) is 18.4 Å². The predicted octanol–water partition coefficient (Wildman–Crippen LogP) is 7.15. The number of anilines is 1. The molecule has 0 fully saturated rings. The quantitative estimate of drug-likeness (QED) is 0.275. The van der Waals surface area contributed by atoms with E-state index in [4.69, 9.17) is 32.8 Å². The molecule has 0 bridgehead atoms. The molecule has 0 radical (unpaired) electrons. The Hall–Kier alpha value is -3.01. The lowest BCUT2D eigenvalue weighted by Crippen LogP contribution is -2.28. The monoisotopic (exact) mass is 541 g/mol. The molecule has 11 heteroatoms. The van der Waals surface area contributed by atoms with Crippen LogP contribution in [0, 0.1) is 0 Å². The molecule has 0 aliphatic heterocycles. The van der Waals surface area contributed by atoms with Crippen molar-refractivity contribution in [2.24, 2.45) is 0 Å². The van der Waals surface area contributed by atoms with Crippen LogP contribution in [0.5, 0.6) is 11.6 Å². The molecule has 36 heavy (non-hydrogen) atoms. The van der Waals surface area contributed by atoms with E-state index in [1.165, 1.54) is 30.3 Å². The van der Waals surface area contributed by atoms with Crippen molar-refractivity contribution in [3.05, 3.63) is 81.5 Å². The number of halogens is 5. The Bertz CT molecular complexity index is 1190. The summed E-state index contributed by atoms with van der Waals surface area (Å²) in [6, 6.07) is 12.3. The van der Waals surface area contributed by atoms with Gasteiger partial charge in [0.25, 0.3) is 0 Å². The number of nitrogens with one attached hydrogen (secondary N) is 1. The van der Waals surface area contributed by atoms with Crippen LogP contribution in [0.3, 0.4) is 0 Å². The highest BCUT2D eigenvalue weighted by atomic mass is 35.5. The molecule has 1 aromatic heterocycles. The SMILES string of the molecule is CCN(CCc1ccc(Oc2ccc(NCc3ccc(Cl)c(Cl)c3)cn2)cc1C(F)(F)F)OC(C)=O. The highest BCUT2D eigenvalue weighted by Gasteiger charge is 2.34. The van der Waals surface area contributed by atoms with Gasteiger partial charge in [0.05, 0.1) is 27.5 Å². The zero-order chi connectivity index (χ0) is 26.3. The largest absolute Gasteiger partial charge is 0.439 e. The molecule has 0 aliphatic carbocycles. The summed E-state index contributed by atoms with van der Waals surface area (Å²) in [4.78, 5) is 20.3. The Morgan fingerprint density at radius 2 is 1.86 bits per heavy atom. The smallest absolute Gasteiger partial charge is 0.416 e. The normalized spacial score (nSPS) is 11.4. The van der Waals surface area contributed by atoms with E-state index >= 15 is 0 Å². The van der Waals surface area contributed by atoms with Gasteiger partial charge in [0.15, 0.2) is 0 Å². The summed E-state index contributed by atoms with van der Waals surface area (Å²) >= 11 is 11.9. The summed E-state index contributed by atoms with van der Waals surface area (Å²) in [5.74, 6) is -0.384. The van der Waals surface area contributed by atoms with Gasteiger partial charge in [0.2, 0.25) is 5.88 Å². The number of hydrogen-bond acceptors (Lipinski definition) is 6. The van der Waals surface area contributed by atoms with Gasteiger partial charge in [-0.05, 0) is 54.8 Å². The van der Waals surface area contributed by atoms with Gasteiger partial charge in [-0.1, -0.05) is 35.3 Å². The fourth-order valence-electron chi connectivity index (χ4n) is 3.32. The molecule has 0 aliphatic rings. The number of pyridine rings is 1. The van der Waals surface area contributed by atoms with Gasteiger partial charge in [-0.25, -0.2) is 4.98 Å². The van der Waals surface area contributed by atoms with Crippen LogP contribution in [0.15, 0.2) is 54.7 Å². The first-order valence-electron chi connectivity index (χ1n) is 11.0. The first kappa shape index (κ1) is 27.6. The van der Waals surface area contributed by atoms with Crippen LogP contribution in [0.2, 0.25) is 10.0 Å². The van der Waals surface area contributed by atoms with Crippen LogP contribution in [-0.2, 0) is 28.8 Å². The molecule has 1 N–H and O–H groups in total. The minimum atomic E-state index is -4.58. The Balaban J connectivity index is 1.66. The lowest BCUT2D eigenvalue weighted by Gasteiger charge is -2.20. The van der Waals surface area contributed by atoms with E-state index in [-0.39, 0.29) is 30.2 Å². The minimum Gasteiger partial charge on any atom is -0.439 e. The highest BCUT2D eigenvalue weighted by Crippen LogP contribution is 2.36. The molecular weight excluding hydrogens is 518 g/mol. The summed E-state index contributed by atoms with van der Waals surface area (Å²) in [6.45, 7) is 3.93. The first-order valence-corrected chi connectivity index (χ1v) is 11.8. The molecule has 0 saturated heterocycles. The van der Waals surface area contributed by atoms with Crippen molar-refractivity contribution in [2.45, 2.75) is 33.0 Å². The van der Waals surface area contributed by atoms with Crippen molar-refractivity contribution in [1.29, 1.82) is 0 Å². The summed E-state index contributed by atoms with van der Waals surface area (Å²) in [5.41, 5.74) is 0.849. The second-order valence-electron chi connectivity index (χ2n) is 7.76. The standard InChI is InChI=1S/C25H24Cl2F3N3O3/c1-3-33(36-16(2)34)11-10-18-5-7-20(13-21(18)25(28,29)30)35-24-9-6-19(15-32-24)31-14-17-4-8-22(26)23(27)12-17/h4-9,12-13,15,31H,3,10-11,14H2,1-2H3. The van der Waals surface area contributed by atoms with Gasteiger partial charge in [0, 0.05) is 32.6 Å². The molecule has 3 rings (SSSR count). The average Bonchev–Trinajstić information content (AvgIpc) is 2.83. The third kappa shape index (κ3) is 8.01. The maximum Gasteiger partial charge on any atom is 0.416 e. The molecular formula is C25H24Cl2F3N3O3. The Labute approximate surface area is 216 Å². The molecule has 6 nitrogen and oxygen atoms in total. The fourth-order valence-corrected chi connectivity index (χ4v) is 3.64. The molecule has 192 valence electrons. The van der Waals surface area contributed by atoms with Crippen molar-refractivity contribution < 1.29 is 27.5 Å². The minimum absolute atomic E-state index is 0.00224. The van der Waals surface area contributed by atoms with E-state index in [9.17, 15) is 18.0 Å². The van der Waals surface area contributed by atoms with Crippen LogP contribution in [0.1, 0.15) is 30.5 Å². The van der Waals surface area contributed by atoms with Crippen LogP contribution < -0.4 is 10.1 Å².